The molecule has 0 unspecified atom stereocenters. The molecule has 1 amide bonds. The Morgan fingerprint density at radius 3 is 2.47 bits per heavy atom. The minimum absolute atomic E-state index is 0.307. The maximum Gasteiger partial charge on any atom is 0.239 e. The molecule has 0 aliphatic heterocycles. The minimum Gasteiger partial charge on any atom is -0.397 e. The summed E-state index contributed by atoms with van der Waals surface area (Å²) in [4.78, 5) is 11.7. The van der Waals surface area contributed by atoms with Gasteiger partial charge in [0.05, 0.1) is 16.1 Å². The summed E-state index contributed by atoms with van der Waals surface area (Å²) in [7, 11) is -3.53. The van der Waals surface area contributed by atoms with Gasteiger partial charge < -0.3 is 11.1 Å². The van der Waals surface area contributed by atoms with Crippen molar-refractivity contribution in [2.75, 3.05) is 16.8 Å². The number of anilines is 2. The number of hydrogen-bond acceptors (Lipinski definition) is 4. The quantitative estimate of drug-likeness (QED) is 0.837. The maximum absolute atomic E-state index is 11.9. The van der Waals surface area contributed by atoms with Gasteiger partial charge in [0.1, 0.15) is 5.75 Å². The van der Waals surface area contributed by atoms with Crippen molar-refractivity contribution in [1.29, 1.82) is 0 Å². The van der Waals surface area contributed by atoms with Crippen molar-refractivity contribution in [3.8, 4) is 0 Å². The van der Waals surface area contributed by atoms with E-state index in [2.05, 4.69) is 5.32 Å². The van der Waals surface area contributed by atoms with Crippen LogP contribution < -0.4 is 11.1 Å². The normalized spacial score (nSPS) is 12.2. The third kappa shape index (κ3) is 4.11. The smallest absolute Gasteiger partial charge is 0.239 e. The number of benzene rings is 1. The van der Waals surface area contributed by atoms with Crippen LogP contribution in [0.3, 0.4) is 0 Å². The van der Waals surface area contributed by atoms with Crippen LogP contribution in [-0.4, -0.2) is 24.8 Å². The lowest BCUT2D eigenvalue weighted by Crippen LogP contribution is -2.35. The predicted molar refractivity (Wildman–Crippen MR) is 78.0 cm³/mol. The van der Waals surface area contributed by atoms with E-state index in [1.807, 2.05) is 0 Å². The molecule has 0 atom stereocenters. The first-order chi connectivity index (χ1) is 8.53. The SMILES string of the molecule is CC(C)(C)S(=O)(=O)CC(=O)Nc1cc(Cl)ccc1N. The molecule has 0 aliphatic rings. The third-order valence-corrected chi connectivity index (χ3v) is 5.29. The molecule has 0 aromatic heterocycles. The Kier molecular flexibility index (Phi) is 4.47. The Hall–Kier alpha value is -1.27. The monoisotopic (exact) mass is 304 g/mol. The largest absolute Gasteiger partial charge is 0.397 e. The number of rotatable bonds is 3. The number of nitrogens with two attached hydrogens (primary N) is 1. The van der Waals surface area contributed by atoms with Crippen molar-refractivity contribution in [2.45, 2.75) is 25.5 Å². The highest BCUT2D eigenvalue weighted by molar-refractivity contribution is 7.93. The van der Waals surface area contributed by atoms with E-state index in [0.717, 1.165) is 0 Å². The number of nitrogens with one attached hydrogen (secondary N) is 1. The molecule has 1 aromatic rings. The minimum atomic E-state index is -3.53. The van der Waals surface area contributed by atoms with E-state index in [1.165, 1.54) is 12.1 Å². The van der Waals surface area contributed by atoms with Crippen LogP contribution in [0.15, 0.2) is 18.2 Å². The molecule has 0 fully saturated rings. The van der Waals surface area contributed by atoms with Crippen LogP contribution in [0.5, 0.6) is 0 Å². The highest BCUT2D eigenvalue weighted by Gasteiger charge is 2.31. The lowest BCUT2D eigenvalue weighted by Gasteiger charge is -2.18. The van der Waals surface area contributed by atoms with E-state index in [0.29, 0.717) is 16.4 Å². The summed E-state index contributed by atoms with van der Waals surface area (Å²) in [5.41, 5.74) is 6.30. The number of hydrogen-bond donors (Lipinski definition) is 2. The average Bonchev–Trinajstić information content (AvgIpc) is 2.21. The lowest BCUT2D eigenvalue weighted by molar-refractivity contribution is -0.113. The zero-order chi connectivity index (χ0) is 14.8. The standard InChI is InChI=1S/C12H17ClN2O3S/c1-12(2,3)19(17,18)7-11(16)15-10-6-8(13)4-5-9(10)14/h4-6H,7,14H2,1-3H3,(H,15,16). The van der Waals surface area contributed by atoms with Crippen LogP contribution in [-0.2, 0) is 14.6 Å². The maximum atomic E-state index is 11.9. The average molecular weight is 305 g/mol. The summed E-state index contributed by atoms with van der Waals surface area (Å²) in [6, 6.07) is 4.59. The fraction of sp³-hybridized carbons (Fsp3) is 0.417. The van der Waals surface area contributed by atoms with Gasteiger partial charge in [-0.2, -0.15) is 0 Å². The molecule has 1 rings (SSSR count). The summed E-state index contributed by atoms with van der Waals surface area (Å²) >= 11 is 5.78. The van der Waals surface area contributed by atoms with Crippen molar-refractivity contribution in [2.24, 2.45) is 0 Å². The molecular formula is C12H17ClN2O3S. The highest BCUT2D eigenvalue weighted by atomic mass is 35.5. The molecule has 7 heteroatoms. The molecule has 19 heavy (non-hydrogen) atoms. The molecule has 0 bridgehead atoms. The summed E-state index contributed by atoms with van der Waals surface area (Å²) in [6.07, 6.45) is 0. The van der Waals surface area contributed by atoms with E-state index in [9.17, 15) is 13.2 Å². The van der Waals surface area contributed by atoms with Gasteiger partial charge in [-0.1, -0.05) is 11.6 Å². The summed E-state index contributed by atoms with van der Waals surface area (Å²) in [5, 5.41) is 2.86. The molecule has 5 nitrogen and oxygen atoms in total. The van der Waals surface area contributed by atoms with Crippen molar-refractivity contribution >= 4 is 38.7 Å². The highest BCUT2D eigenvalue weighted by Crippen LogP contribution is 2.23. The number of halogens is 1. The Labute approximate surface area is 118 Å². The summed E-state index contributed by atoms with van der Waals surface area (Å²) < 4.78 is 22.8. The van der Waals surface area contributed by atoms with Crippen molar-refractivity contribution < 1.29 is 13.2 Å². The zero-order valence-electron chi connectivity index (χ0n) is 11.0. The Balaban J connectivity index is 2.85. The topological polar surface area (TPSA) is 89.3 Å². The molecule has 0 aliphatic carbocycles. The summed E-state index contributed by atoms with van der Waals surface area (Å²) in [5.74, 6) is -1.23. The third-order valence-electron chi connectivity index (χ3n) is 2.54. The van der Waals surface area contributed by atoms with Crippen molar-refractivity contribution in [1.82, 2.24) is 0 Å². The van der Waals surface area contributed by atoms with Crippen LogP contribution >= 0.6 is 11.6 Å². The first kappa shape index (κ1) is 15.8. The van der Waals surface area contributed by atoms with E-state index in [-0.39, 0.29) is 0 Å². The van der Waals surface area contributed by atoms with Crippen LogP contribution in [0.1, 0.15) is 20.8 Å². The van der Waals surface area contributed by atoms with E-state index in [4.69, 9.17) is 17.3 Å². The molecule has 3 N–H and O–H groups in total. The second-order valence-electron chi connectivity index (χ2n) is 5.15. The fourth-order valence-electron chi connectivity index (χ4n) is 1.21. The molecule has 0 saturated heterocycles. The first-order valence-corrected chi connectivity index (χ1v) is 7.63. The summed E-state index contributed by atoms with van der Waals surface area (Å²) in [6.45, 7) is 4.63. The molecule has 0 saturated carbocycles. The van der Waals surface area contributed by atoms with Gasteiger partial charge in [0.25, 0.3) is 0 Å². The van der Waals surface area contributed by atoms with Gasteiger partial charge in [0.2, 0.25) is 5.91 Å². The van der Waals surface area contributed by atoms with Gasteiger partial charge >= 0.3 is 0 Å². The second-order valence-corrected chi connectivity index (χ2v) is 8.33. The number of amides is 1. The Morgan fingerprint density at radius 1 is 1.37 bits per heavy atom. The van der Waals surface area contributed by atoms with Crippen LogP contribution in [0.2, 0.25) is 5.02 Å². The second kappa shape index (κ2) is 5.38. The molecule has 0 spiro atoms. The van der Waals surface area contributed by atoms with Gasteiger partial charge in [0.15, 0.2) is 9.84 Å². The fourth-order valence-corrected chi connectivity index (χ4v) is 2.23. The molecular weight excluding hydrogens is 288 g/mol. The van der Waals surface area contributed by atoms with Gasteiger partial charge in [-0.15, -0.1) is 0 Å². The number of carbonyl (C=O) groups is 1. The number of nitrogen functional groups attached to an aromatic ring is 1. The molecule has 106 valence electrons. The van der Waals surface area contributed by atoms with E-state index >= 15 is 0 Å². The Morgan fingerprint density at radius 2 is 1.95 bits per heavy atom. The number of carbonyl (C=O) groups excluding carboxylic acids is 1. The van der Waals surface area contributed by atoms with Crippen LogP contribution in [0.4, 0.5) is 11.4 Å². The molecule has 1 aromatic carbocycles. The molecule has 0 radical (unpaired) electrons. The van der Waals surface area contributed by atoms with Gasteiger partial charge in [0, 0.05) is 5.02 Å². The lowest BCUT2D eigenvalue weighted by atomic mass is 10.2. The van der Waals surface area contributed by atoms with Crippen molar-refractivity contribution in [3.63, 3.8) is 0 Å². The zero-order valence-corrected chi connectivity index (χ0v) is 12.6. The van der Waals surface area contributed by atoms with E-state index < -0.39 is 26.2 Å². The molecule has 0 heterocycles. The van der Waals surface area contributed by atoms with Gasteiger partial charge in [-0.05, 0) is 39.0 Å². The van der Waals surface area contributed by atoms with Gasteiger partial charge in [-0.3, -0.25) is 4.79 Å². The van der Waals surface area contributed by atoms with Crippen molar-refractivity contribution in [3.05, 3.63) is 23.2 Å². The van der Waals surface area contributed by atoms with E-state index in [1.54, 1.807) is 26.8 Å². The Bertz CT molecular complexity index is 591. The predicted octanol–water partition coefficient (Wildman–Crippen LogP) is 2.07. The first-order valence-electron chi connectivity index (χ1n) is 5.60. The van der Waals surface area contributed by atoms with Crippen LogP contribution in [0.25, 0.3) is 0 Å². The van der Waals surface area contributed by atoms with Gasteiger partial charge in [-0.25, -0.2) is 8.42 Å². The number of sulfone groups is 1. The van der Waals surface area contributed by atoms with Crippen LogP contribution in [0, 0.1) is 0 Å².